The van der Waals surface area contributed by atoms with Gasteiger partial charge in [-0.3, -0.25) is 0 Å². The van der Waals surface area contributed by atoms with Crippen LogP contribution in [0.3, 0.4) is 0 Å². The van der Waals surface area contributed by atoms with Gasteiger partial charge in [0, 0.05) is 11.8 Å². The fraction of sp³-hybridized carbons (Fsp3) is 0.200. The first-order chi connectivity index (χ1) is 9.63. The van der Waals surface area contributed by atoms with Crippen LogP contribution in [0.5, 0.6) is 17.2 Å². The summed E-state index contributed by atoms with van der Waals surface area (Å²) >= 11 is 0. The fourth-order valence-corrected chi connectivity index (χ4v) is 1.76. The first-order valence-electron chi connectivity index (χ1n) is 6.02. The molecule has 0 amide bonds. The Bertz CT molecular complexity index is 602. The fourth-order valence-electron chi connectivity index (χ4n) is 1.76. The summed E-state index contributed by atoms with van der Waals surface area (Å²) in [5.41, 5.74) is 6.95. The monoisotopic (exact) mass is 277 g/mol. The Hall–Kier alpha value is -2.43. The number of hydrogen-bond acceptors (Lipinski definition) is 4. The quantitative estimate of drug-likeness (QED) is 0.854. The van der Waals surface area contributed by atoms with Gasteiger partial charge in [0.15, 0.2) is 23.1 Å². The molecule has 0 aromatic heterocycles. The van der Waals surface area contributed by atoms with Crippen LogP contribution in [0.15, 0.2) is 36.4 Å². The molecule has 106 valence electrons. The second-order valence-corrected chi connectivity index (χ2v) is 4.17. The minimum Gasteiger partial charge on any atom is -0.494 e. The molecule has 0 bridgehead atoms. The standard InChI is InChI=1S/C15H16FNO3/c1-18-13-5-3-10(7-12(13)16)9-20-14-6-4-11(17)8-15(14)19-2/h3-8H,9,17H2,1-2H3. The molecular formula is C15H16FNO3. The molecule has 0 heterocycles. The third-order valence-corrected chi connectivity index (χ3v) is 2.80. The molecule has 0 spiro atoms. The van der Waals surface area contributed by atoms with Crippen molar-refractivity contribution in [2.24, 2.45) is 0 Å². The zero-order valence-electron chi connectivity index (χ0n) is 11.4. The van der Waals surface area contributed by atoms with Crippen molar-refractivity contribution in [1.29, 1.82) is 0 Å². The zero-order chi connectivity index (χ0) is 14.5. The van der Waals surface area contributed by atoms with Crippen molar-refractivity contribution in [3.63, 3.8) is 0 Å². The van der Waals surface area contributed by atoms with E-state index in [0.717, 1.165) is 0 Å². The van der Waals surface area contributed by atoms with Crippen LogP contribution in [0.25, 0.3) is 0 Å². The molecule has 20 heavy (non-hydrogen) atoms. The van der Waals surface area contributed by atoms with Crippen molar-refractivity contribution >= 4 is 5.69 Å². The molecule has 0 aliphatic carbocycles. The van der Waals surface area contributed by atoms with E-state index in [-0.39, 0.29) is 12.4 Å². The molecule has 0 saturated carbocycles. The molecule has 4 nitrogen and oxygen atoms in total. The molecule has 0 radical (unpaired) electrons. The lowest BCUT2D eigenvalue weighted by Crippen LogP contribution is -1.99. The van der Waals surface area contributed by atoms with Gasteiger partial charge in [0.1, 0.15) is 6.61 Å². The lowest BCUT2D eigenvalue weighted by molar-refractivity contribution is 0.283. The number of nitrogens with two attached hydrogens (primary N) is 1. The summed E-state index contributed by atoms with van der Waals surface area (Å²) in [7, 11) is 2.96. The maximum Gasteiger partial charge on any atom is 0.165 e. The SMILES string of the molecule is COc1ccc(COc2ccc(N)cc2OC)cc1F. The Balaban J connectivity index is 2.10. The van der Waals surface area contributed by atoms with Crippen molar-refractivity contribution in [2.75, 3.05) is 20.0 Å². The number of ether oxygens (including phenoxy) is 3. The summed E-state index contributed by atoms with van der Waals surface area (Å²) in [6.07, 6.45) is 0. The van der Waals surface area contributed by atoms with E-state index in [1.165, 1.54) is 20.3 Å². The molecule has 2 aromatic rings. The molecule has 0 aliphatic rings. The summed E-state index contributed by atoms with van der Waals surface area (Å²) < 4.78 is 29.2. The Morgan fingerprint density at radius 1 is 0.950 bits per heavy atom. The highest BCUT2D eigenvalue weighted by atomic mass is 19.1. The maximum absolute atomic E-state index is 13.6. The van der Waals surface area contributed by atoms with Crippen LogP contribution < -0.4 is 19.9 Å². The van der Waals surface area contributed by atoms with Gasteiger partial charge in [-0.15, -0.1) is 0 Å². The molecule has 2 N–H and O–H groups in total. The van der Waals surface area contributed by atoms with E-state index in [0.29, 0.717) is 22.7 Å². The average Bonchev–Trinajstić information content (AvgIpc) is 2.46. The van der Waals surface area contributed by atoms with Gasteiger partial charge in [-0.25, -0.2) is 4.39 Å². The zero-order valence-corrected chi connectivity index (χ0v) is 11.4. The predicted octanol–water partition coefficient (Wildman–Crippen LogP) is 3.00. The number of hydrogen-bond donors (Lipinski definition) is 1. The molecule has 0 atom stereocenters. The first kappa shape index (κ1) is 14.0. The highest BCUT2D eigenvalue weighted by Crippen LogP contribution is 2.30. The Morgan fingerprint density at radius 3 is 2.30 bits per heavy atom. The van der Waals surface area contributed by atoms with Crippen molar-refractivity contribution in [2.45, 2.75) is 6.61 Å². The number of methoxy groups -OCH3 is 2. The second kappa shape index (κ2) is 6.14. The van der Waals surface area contributed by atoms with Crippen LogP contribution in [0.2, 0.25) is 0 Å². The number of anilines is 1. The van der Waals surface area contributed by atoms with Crippen molar-refractivity contribution < 1.29 is 18.6 Å². The molecule has 0 fully saturated rings. The average molecular weight is 277 g/mol. The van der Waals surface area contributed by atoms with Crippen LogP contribution in [-0.4, -0.2) is 14.2 Å². The van der Waals surface area contributed by atoms with Gasteiger partial charge in [-0.2, -0.15) is 0 Å². The summed E-state index contributed by atoms with van der Waals surface area (Å²) in [5, 5.41) is 0. The largest absolute Gasteiger partial charge is 0.494 e. The van der Waals surface area contributed by atoms with Gasteiger partial charge in [0.05, 0.1) is 14.2 Å². The molecular weight excluding hydrogens is 261 g/mol. The Kier molecular flexibility index (Phi) is 4.30. The smallest absolute Gasteiger partial charge is 0.165 e. The Morgan fingerprint density at radius 2 is 1.65 bits per heavy atom. The van der Waals surface area contributed by atoms with Crippen LogP contribution in [0.1, 0.15) is 5.56 Å². The lowest BCUT2D eigenvalue weighted by atomic mass is 10.2. The van der Waals surface area contributed by atoms with E-state index < -0.39 is 5.82 Å². The molecule has 0 aliphatic heterocycles. The molecule has 2 rings (SSSR count). The van der Waals surface area contributed by atoms with E-state index in [9.17, 15) is 4.39 Å². The molecule has 5 heteroatoms. The van der Waals surface area contributed by atoms with Gasteiger partial charge >= 0.3 is 0 Å². The van der Waals surface area contributed by atoms with Crippen molar-refractivity contribution in [1.82, 2.24) is 0 Å². The van der Waals surface area contributed by atoms with Gasteiger partial charge in [-0.05, 0) is 29.8 Å². The second-order valence-electron chi connectivity index (χ2n) is 4.17. The summed E-state index contributed by atoms with van der Waals surface area (Å²) in [4.78, 5) is 0. The van der Waals surface area contributed by atoms with E-state index >= 15 is 0 Å². The van der Waals surface area contributed by atoms with Gasteiger partial charge < -0.3 is 19.9 Å². The van der Waals surface area contributed by atoms with Crippen LogP contribution >= 0.6 is 0 Å². The van der Waals surface area contributed by atoms with E-state index in [1.54, 1.807) is 30.3 Å². The molecule has 0 unspecified atom stereocenters. The minimum absolute atomic E-state index is 0.207. The highest BCUT2D eigenvalue weighted by Gasteiger charge is 2.07. The van der Waals surface area contributed by atoms with E-state index in [1.807, 2.05) is 0 Å². The Labute approximate surface area is 116 Å². The third kappa shape index (κ3) is 3.12. The maximum atomic E-state index is 13.6. The van der Waals surface area contributed by atoms with E-state index in [4.69, 9.17) is 19.9 Å². The van der Waals surface area contributed by atoms with E-state index in [2.05, 4.69) is 0 Å². The number of benzene rings is 2. The first-order valence-corrected chi connectivity index (χ1v) is 6.02. The van der Waals surface area contributed by atoms with Gasteiger partial charge in [0.25, 0.3) is 0 Å². The number of nitrogen functional groups attached to an aromatic ring is 1. The topological polar surface area (TPSA) is 53.7 Å². The van der Waals surface area contributed by atoms with Gasteiger partial charge in [0.2, 0.25) is 0 Å². The lowest BCUT2D eigenvalue weighted by Gasteiger charge is -2.11. The van der Waals surface area contributed by atoms with Crippen molar-refractivity contribution in [3.05, 3.63) is 47.8 Å². The predicted molar refractivity (Wildman–Crippen MR) is 74.7 cm³/mol. The minimum atomic E-state index is -0.419. The highest BCUT2D eigenvalue weighted by molar-refractivity contribution is 5.52. The number of rotatable bonds is 5. The summed E-state index contributed by atoms with van der Waals surface area (Å²) in [5.74, 6) is 0.883. The van der Waals surface area contributed by atoms with Crippen LogP contribution in [0.4, 0.5) is 10.1 Å². The summed E-state index contributed by atoms with van der Waals surface area (Å²) in [6, 6.07) is 9.78. The van der Waals surface area contributed by atoms with Crippen molar-refractivity contribution in [3.8, 4) is 17.2 Å². The third-order valence-electron chi connectivity index (χ3n) is 2.80. The number of halogens is 1. The van der Waals surface area contributed by atoms with Gasteiger partial charge in [-0.1, -0.05) is 6.07 Å². The molecule has 2 aromatic carbocycles. The van der Waals surface area contributed by atoms with Crippen LogP contribution in [0, 0.1) is 5.82 Å². The summed E-state index contributed by atoms with van der Waals surface area (Å²) in [6.45, 7) is 0.223. The normalized spacial score (nSPS) is 10.2. The van der Waals surface area contributed by atoms with Crippen LogP contribution in [-0.2, 0) is 6.61 Å². The molecule has 0 saturated heterocycles.